The maximum absolute atomic E-state index is 11.8. The van der Waals surface area contributed by atoms with Gasteiger partial charge >= 0.3 is 6.09 Å². The Morgan fingerprint density at radius 1 is 1.33 bits per heavy atom. The number of ether oxygens (including phenoxy) is 2. The lowest BCUT2D eigenvalue weighted by Gasteiger charge is -2.30. The highest BCUT2D eigenvalue weighted by Crippen LogP contribution is 2.36. The number of methoxy groups -OCH3 is 1. The number of nitrogens with one attached hydrogen (secondary N) is 2. The average Bonchev–Trinajstić information content (AvgIpc) is 2.66. The molecule has 1 saturated heterocycles. The van der Waals surface area contributed by atoms with Crippen LogP contribution in [-0.4, -0.2) is 75.6 Å². The summed E-state index contributed by atoms with van der Waals surface area (Å²) in [5, 5.41) is 14.0. The zero-order valence-corrected chi connectivity index (χ0v) is 15.7. The summed E-state index contributed by atoms with van der Waals surface area (Å²) in [6, 6.07) is 3.23. The molecule has 148 valence electrons. The van der Waals surface area contributed by atoms with Gasteiger partial charge in [-0.25, -0.2) is 4.79 Å². The van der Waals surface area contributed by atoms with Crippen molar-refractivity contribution in [2.45, 2.75) is 0 Å². The molecule has 27 heavy (non-hydrogen) atoms. The first kappa shape index (κ1) is 20.5. The number of carbonyl (C=O) groups is 2. The largest absolute Gasteiger partial charge is 0.494 e. The Kier molecular flexibility index (Phi) is 7.44. The minimum absolute atomic E-state index is 0.245. The Balaban J connectivity index is 2.25. The molecule has 1 fully saturated rings. The van der Waals surface area contributed by atoms with E-state index in [1.807, 2.05) is 11.9 Å². The topological polar surface area (TPSA) is 103 Å². The second-order valence-electron chi connectivity index (χ2n) is 6.07. The molecule has 0 atom stereocenters. The van der Waals surface area contributed by atoms with Crippen LogP contribution < -0.4 is 20.3 Å². The molecule has 0 aliphatic carbocycles. The molecule has 0 unspecified atom stereocenters. The highest BCUT2D eigenvalue weighted by Gasteiger charge is 2.18. The Labute approximate surface area is 158 Å². The molecule has 3 N–H and O–H groups in total. The fourth-order valence-corrected chi connectivity index (χ4v) is 2.79. The molecule has 1 aliphatic heterocycles. The van der Waals surface area contributed by atoms with Crippen molar-refractivity contribution in [2.75, 3.05) is 69.1 Å². The van der Waals surface area contributed by atoms with Gasteiger partial charge in [-0.15, -0.1) is 0 Å². The highest BCUT2D eigenvalue weighted by atomic mass is 16.5. The normalized spacial score (nSPS) is 14.3. The van der Waals surface area contributed by atoms with E-state index in [0.717, 1.165) is 38.9 Å². The number of benzene rings is 1. The molecule has 1 aromatic rings. The lowest BCUT2D eigenvalue weighted by atomic mass is 10.2. The van der Waals surface area contributed by atoms with Gasteiger partial charge in [-0.3, -0.25) is 15.0 Å². The number of anilines is 3. The molecular formula is C18H26N4O5. The van der Waals surface area contributed by atoms with Crippen LogP contribution >= 0.6 is 0 Å². The molecule has 0 radical (unpaired) electrons. The molecule has 0 saturated carbocycles. The molecule has 9 heteroatoms. The van der Waals surface area contributed by atoms with Gasteiger partial charge in [0, 0.05) is 39.3 Å². The van der Waals surface area contributed by atoms with Crippen LogP contribution in [0.5, 0.6) is 5.75 Å². The molecule has 1 heterocycles. The maximum Gasteiger partial charge on any atom is 0.409 e. The molecule has 2 rings (SSSR count). The van der Waals surface area contributed by atoms with E-state index in [4.69, 9.17) is 14.6 Å². The van der Waals surface area contributed by atoms with E-state index in [2.05, 4.69) is 22.1 Å². The molecular weight excluding hydrogens is 352 g/mol. The van der Waals surface area contributed by atoms with Crippen LogP contribution in [0.15, 0.2) is 24.8 Å². The van der Waals surface area contributed by atoms with Crippen LogP contribution in [-0.2, 0) is 9.53 Å². The third kappa shape index (κ3) is 5.87. The third-order valence-electron chi connectivity index (χ3n) is 4.27. The van der Waals surface area contributed by atoms with Crippen LogP contribution in [0.3, 0.4) is 0 Å². The number of carboxylic acid groups (broad SMARTS) is 1. The van der Waals surface area contributed by atoms with Crippen molar-refractivity contribution in [3.05, 3.63) is 24.8 Å². The van der Waals surface area contributed by atoms with E-state index >= 15 is 0 Å². The van der Waals surface area contributed by atoms with Crippen LogP contribution in [0.25, 0.3) is 0 Å². The fourth-order valence-electron chi connectivity index (χ4n) is 2.79. The predicted octanol–water partition coefficient (Wildman–Crippen LogP) is 1.68. The van der Waals surface area contributed by atoms with Crippen LogP contribution in [0.4, 0.5) is 21.9 Å². The van der Waals surface area contributed by atoms with Gasteiger partial charge in [-0.1, -0.05) is 6.58 Å². The van der Waals surface area contributed by atoms with Crippen LogP contribution in [0, 0.1) is 0 Å². The predicted molar refractivity (Wildman–Crippen MR) is 104 cm³/mol. The van der Waals surface area contributed by atoms with E-state index in [9.17, 15) is 9.59 Å². The monoisotopic (exact) mass is 378 g/mol. The van der Waals surface area contributed by atoms with Gasteiger partial charge < -0.3 is 24.8 Å². The number of morpholine rings is 1. The van der Waals surface area contributed by atoms with Crippen molar-refractivity contribution >= 4 is 29.1 Å². The Morgan fingerprint density at radius 3 is 2.63 bits per heavy atom. The van der Waals surface area contributed by atoms with Gasteiger partial charge in [-0.2, -0.15) is 0 Å². The number of hydrogen-bond donors (Lipinski definition) is 3. The molecule has 0 spiro atoms. The Morgan fingerprint density at radius 2 is 2.04 bits per heavy atom. The number of likely N-dealkylation sites (N-methyl/N-ethyl adjacent to an activating group) is 1. The quantitative estimate of drug-likeness (QED) is 0.591. The zero-order valence-electron chi connectivity index (χ0n) is 15.7. The van der Waals surface area contributed by atoms with Crippen molar-refractivity contribution < 1.29 is 24.2 Å². The van der Waals surface area contributed by atoms with Crippen molar-refractivity contribution in [3.8, 4) is 5.75 Å². The van der Waals surface area contributed by atoms with Gasteiger partial charge in [0.25, 0.3) is 0 Å². The first-order valence-corrected chi connectivity index (χ1v) is 8.61. The third-order valence-corrected chi connectivity index (χ3v) is 4.27. The van der Waals surface area contributed by atoms with Crippen molar-refractivity contribution in [1.29, 1.82) is 0 Å². The van der Waals surface area contributed by atoms with E-state index in [-0.39, 0.29) is 11.6 Å². The highest BCUT2D eigenvalue weighted by molar-refractivity contribution is 6.02. The summed E-state index contributed by atoms with van der Waals surface area (Å²) in [6.45, 7) is 8.24. The van der Waals surface area contributed by atoms with E-state index in [1.165, 1.54) is 13.2 Å². The standard InChI is InChI=1S/C18H26N4O5/c1-4-17(23)19-13-11-14(20-18(24)25)16(26-3)12-15(13)21(2)5-6-22-7-9-27-10-8-22/h4,11-12,20H,1,5-10H2,2-3H3,(H,19,23)(H,24,25). The summed E-state index contributed by atoms with van der Waals surface area (Å²) in [5.41, 5.74) is 1.43. The number of rotatable bonds is 8. The number of carbonyl (C=O) groups excluding carboxylic acids is 1. The maximum atomic E-state index is 11.8. The van der Waals surface area contributed by atoms with Gasteiger partial charge in [-0.05, 0) is 12.1 Å². The van der Waals surface area contributed by atoms with Crippen LogP contribution in [0.1, 0.15) is 0 Å². The number of amides is 2. The summed E-state index contributed by atoms with van der Waals surface area (Å²) < 4.78 is 10.7. The van der Waals surface area contributed by atoms with E-state index in [1.54, 1.807) is 6.07 Å². The van der Waals surface area contributed by atoms with Gasteiger partial charge in [0.05, 0.1) is 37.4 Å². The molecule has 2 amide bonds. The van der Waals surface area contributed by atoms with Crippen LogP contribution in [0.2, 0.25) is 0 Å². The molecule has 1 aromatic carbocycles. The minimum Gasteiger partial charge on any atom is -0.494 e. The Hall–Kier alpha value is -2.78. The number of nitrogens with zero attached hydrogens (tertiary/aromatic N) is 2. The molecule has 1 aliphatic rings. The van der Waals surface area contributed by atoms with Gasteiger partial charge in [0.1, 0.15) is 5.75 Å². The SMILES string of the molecule is C=CC(=O)Nc1cc(NC(=O)O)c(OC)cc1N(C)CCN1CCOCC1. The van der Waals surface area contributed by atoms with Crippen molar-refractivity contribution in [1.82, 2.24) is 4.90 Å². The lowest BCUT2D eigenvalue weighted by Crippen LogP contribution is -2.40. The minimum atomic E-state index is -1.22. The van der Waals surface area contributed by atoms with Crippen molar-refractivity contribution in [3.63, 3.8) is 0 Å². The van der Waals surface area contributed by atoms with Gasteiger partial charge in [0.2, 0.25) is 5.91 Å². The second kappa shape index (κ2) is 9.79. The summed E-state index contributed by atoms with van der Waals surface area (Å²) in [7, 11) is 3.37. The van der Waals surface area contributed by atoms with Crippen molar-refractivity contribution in [2.24, 2.45) is 0 Å². The Bertz CT molecular complexity index is 689. The summed E-state index contributed by atoms with van der Waals surface area (Å²) in [4.78, 5) is 27.1. The van der Waals surface area contributed by atoms with Gasteiger partial charge in [0.15, 0.2) is 0 Å². The fraction of sp³-hybridized carbons (Fsp3) is 0.444. The summed E-state index contributed by atoms with van der Waals surface area (Å²) in [6.07, 6.45) is -0.0609. The van der Waals surface area contributed by atoms with E-state index in [0.29, 0.717) is 23.7 Å². The first-order valence-electron chi connectivity index (χ1n) is 8.61. The number of hydrogen-bond acceptors (Lipinski definition) is 6. The smallest absolute Gasteiger partial charge is 0.409 e. The summed E-state index contributed by atoms with van der Waals surface area (Å²) >= 11 is 0. The molecule has 0 bridgehead atoms. The average molecular weight is 378 g/mol. The summed E-state index contributed by atoms with van der Waals surface area (Å²) in [5.74, 6) is -0.0218. The second-order valence-corrected chi connectivity index (χ2v) is 6.07. The van der Waals surface area contributed by atoms with E-state index < -0.39 is 6.09 Å². The zero-order chi connectivity index (χ0) is 19.8. The molecule has 0 aromatic heterocycles. The lowest BCUT2D eigenvalue weighted by molar-refractivity contribution is -0.111. The molecule has 9 nitrogen and oxygen atoms in total. The first-order chi connectivity index (χ1) is 12.9.